The molecular formula is C22H28O2. The first-order chi connectivity index (χ1) is 11.0. The van der Waals surface area contributed by atoms with E-state index in [1.807, 2.05) is 36.4 Å². The molecule has 0 aromatic heterocycles. The summed E-state index contributed by atoms with van der Waals surface area (Å²) in [7, 11) is 0. The molecule has 0 unspecified atom stereocenters. The highest BCUT2D eigenvalue weighted by Gasteiger charge is 2.19. The molecule has 0 atom stereocenters. The standard InChI is InChI=1S/C22H28O2/c1-21(2,3)17-13-15(9-11-19(17)23)7-8-16-10-12-20(24)18(14-16)22(4,5)6/h7-14,23-24H,1-6H3/b8-7+. The van der Waals surface area contributed by atoms with Gasteiger partial charge in [-0.05, 0) is 57.3 Å². The average molecular weight is 324 g/mol. The van der Waals surface area contributed by atoms with Crippen molar-refractivity contribution >= 4 is 12.2 Å². The van der Waals surface area contributed by atoms with Gasteiger partial charge in [0.05, 0.1) is 0 Å². The van der Waals surface area contributed by atoms with E-state index >= 15 is 0 Å². The summed E-state index contributed by atoms with van der Waals surface area (Å²) in [6.45, 7) is 12.5. The summed E-state index contributed by atoms with van der Waals surface area (Å²) in [6.07, 6.45) is 4.07. The van der Waals surface area contributed by atoms with E-state index in [4.69, 9.17) is 0 Å². The van der Waals surface area contributed by atoms with E-state index in [2.05, 4.69) is 41.5 Å². The first-order valence-corrected chi connectivity index (χ1v) is 8.33. The maximum atomic E-state index is 10.1. The molecule has 2 aromatic rings. The summed E-state index contributed by atoms with van der Waals surface area (Å²) in [5.41, 5.74) is 3.75. The molecule has 0 saturated heterocycles. The van der Waals surface area contributed by atoms with Crippen LogP contribution in [0.1, 0.15) is 63.8 Å². The Labute approximate surface area is 145 Å². The molecule has 24 heavy (non-hydrogen) atoms. The molecule has 0 saturated carbocycles. The smallest absolute Gasteiger partial charge is 0.119 e. The third-order valence-corrected chi connectivity index (χ3v) is 4.13. The van der Waals surface area contributed by atoms with Crippen molar-refractivity contribution in [2.24, 2.45) is 0 Å². The highest BCUT2D eigenvalue weighted by atomic mass is 16.3. The summed E-state index contributed by atoms with van der Waals surface area (Å²) in [4.78, 5) is 0. The molecule has 0 bridgehead atoms. The first kappa shape index (κ1) is 18.1. The second-order valence-corrected chi connectivity index (χ2v) is 8.39. The van der Waals surface area contributed by atoms with Crippen LogP contribution in [0.15, 0.2) is 36.4 Å². The van der Waals surface area contributed by atoms with Gasteiger partial charge in [-0.2, -0.15) is 0 Å². The Morgan fingerprint density at radius 3 is 1.25 bits per heavy atom. The zero-order chi connectivity index (χ0) is 18.1. The molecule has 0 aliphatic rings. The van der Waals surface area contributed by atoms with Crippen molar-refractivity contribution in [1.29, 1.82) is 0 Å². The summed E-state index contributed by atoms with van der Waals surface area (Å²) < 4.78 is 0. The highest BCUT2D eigenvalue weighted by molar-refractivity contribution is 5.71. The lowest BCUT2D eigenvalue weighted by Crippen LogP contribution is -2.11. The number of hydrogen-bond acceptors (Lipinski definition) is 2. The van der Waals surface area contributed by atoms with Crippen molar-refractivity contribution in [2.45, 2.75) is 52.4 Å². The van der Waals surface area contributed by atoms with Gasteiger partial charge in [0.2, 0.25) is 0 Å². The molecule has 0 amide bonds. The van der Waals surface area contributed by atoms with Gasteiger partial charge in [0.25, 0.3) is 0 Å². The minimum Gasteiger partial charge on any atom is -0.508 e. The van der Waals surface area contributed by atoms with Crippen LogP contribution in [-0.2, 0) is 10.8 Å². The van der Waals surface area contributed by atoms with Crippen molar-refractivity contribution in [1.82, 2.24) is 0 Å². The van der Waals surface area contributed by atoms with Gasteiger partial charge in [0.1, 0.15) is 11.5 Å². The van der Waals surface area contributed by atoms with Gasteiger partial charge < -0.3 is 10.2 Å². The number of aromatic hydroxyl groups is 2. The predicted molar refractivity (Wildman–Crippen MR) is 103 cm³/mol. The van der Waals surface area contributed by atoms with E-state index in [-0.39, 0.29) is 10.8 Å². The van der Waals surface area contributed by atoms with Crippen molar-refractivity contribution in [3.05, 3.63) is 58.7 Å². The van der Waals surface area contributed by atoms with Gasteiger partial charge >= 0.3 is 0 Å². The molecule has 0 aliphatic heterocycles. The zero-order valence-electron chi connectivity index (χ0n) is 15.5. The van der Waals surface area contributed by atoms with Crippen LogP contribution in [0.5, 0.6) is 11.5 Å². The van der Waals surface area contributed by atoms with Crippen molar-refractivity contribution in [3.63, 3.8) is 0 Å². The molecular weight excluding hydrogens is 296 g/mol. The Balaban J connectivity index is 2.36. The molecule has 0 heterocycles. The van der Waals surface area contributed by atoms with E-state index in [9.17, 15) is 10.2 Å². The summed E-state index contributed by atoms with van der Waals surface area (Å²) in [5.74, 6) is 0.665. The van der Waals surface area contributed by atoms with Gasteiger partial charge in [-0.15, -0.1) is 0 Å². The second kappa shape index (κ2) is 6.35. The Bertz CT molecular complexity index is 691. The van der Waals surface area contributed by atoms with Crippen LogP contribution < -0.4 is 0 Å². The van der Waals surface area contributed by atoms with Crippen LogP contribution in [0, 0.1) is 0 Å². The number of phenols is 2. The largest absolute Gasteiger partial charge is 0.508 e. The van der Waals surface area contributed by atoms with E-state index in [0.717, 1.165) is 22.3 Å². The van der Waals surface area contributed by atoms with Crippen LogP contribution in [-0.4, -0.2) is 10.2 Å². The van der Waals surface area contributed by atoms with Gasteiger partial charge in [0.15, 0.2) is 0 Å². The maximum Gasteiger partial charge on any atom is 0.119 e. The third-order valence-electron chi connectivity index (χ3n) is 4.13. The van der Waals surface area contributed by atoms with Crippen molar-refractivity contribution in [3.8, 4) is 11.5 Å². The highest BCUT2D eigenvalue weighted by Crippen LogP contribution is 2.33. The quantitative estimate of drug-likeness (QED) is 0.679. The van der Waals surface area contributed by atoms with Crippen LogP contribution in [0.4, 0.5) is 0 Å². The summed E-state index contributed by atoms with van der Waals surface area (Å²) in [5, 5.41) is 20.1. The molecule has 2 nitrogen and oxygen atoms in total. The Kier molecular flexibility index (Phi) is 4.80. The molecule has 0 spiro atoms. The molecule has 2 N–H and O–H groups in total. The summed E-state index contributed by atoms with van der Waals surface area (Å²) >= 11 is 0. The minimum atomic E-state index is -0.105. The normalized spacial score (nSPS) is 12.8. The van der Waals surface area contributed by atoms with E-state index < -0.39 is 0 Å². The summed E-state index contributed by atoms with van der Waals surface area (Å²) in [6, 6.07) is 11.4. The SMILES string of the molecule is CC(C)(C)c1cc(/C=C/c2ccc(O)c(C(C)(C)C)c2)ccc1O. The van der Waals surface area contributed by atoms with Crippen LogP contribution in [0.2, 0.25) is 0 Å². The Morgan fingerprint density at radius 1 is 0.625 bits per heavy atom. The van der Waals surface area contributed by atoms with Crippen LogP contribution in [0.25, 0.3) is 12.2 Å². The van der Waals surface area contributed by atoms with Gasteiger partial charge in [-0.3, -0.25) is 0 Å². The number of rotatable bonds is 2. The predicted octanol–water partition coefficient (Wildman–Crippen LogP) is 5.86. The number of hydrogen-bond donors (Lipinski definition) is 2. The van der Waals surface area contributed by atoms with E-state index in [0.29, 0.717) is 11.5 Å². The topological polar surface area (TPSA) is 40.5 Å². The molecule has 2 rings (SSSR count). The molecule has 0 fully saturated rings. The lowest BCUT2D eigenvalue weighted by atomic mass is 9.85. The maximum absolute atomic E-state index is 10.1. The Hall–Kier alpha value is -2.22. The van der Waals surface area contributed by atoms with Crippen LogP contribution in [0.3, 0.4) is 0 Å². The minimum absolute atomic E-state index is 0.105. The number of phenolic OH excluding ortho intramolecular Hbond substituents is 2. The van der Waals surface area contributed by atoms with Crippen molar-refractivity contribution in [2.75, 3.05) is 0 Å². The van der Waals surface area contributed by atoms with Crippen LogP contribution >= 0.6 is 0 Å². The van der Waals surface area contributed by atoms with E-state index in [1.165, 1.54) is 0 Å². The monoisotopic (exact) mass is 324 g/mol. The molecule has 2 aromatic carbocycles. The van der Waals surface area contributed by atoms with Crippen molar-refractivity contribution < 1.29 is 10.2 Å². The lowest BCUT2D eigenvalue weighted by Gasteiger charge is -2.21. The number of benzene rings is 2. The fourth-order valence-electron chi connectivity index (χ4n) is 2.71. The molecule has 0 radical (unpaired) electrons. The fraction of sp³-hybridized carbons (Fsp3) is 0.364. The zero-order valence-corrected chi connectivity index (χ0v) is 15.5. The first-order valence-electron chi connectivity index (χ1n) is 8.33. The average Bonchev–Trinajstić information content (AvgIpc) is 2.45. The van der Waals surface area contributed by atoms with Gasteiger partial charge in [-0.1, -0.05) is 65.8 Å². The molecule has 128 valence electrons. The van der Waals surface area contributed by atoms with E-state index in [1.54, 1.807) is 12.1 Å². The Morgan fingerprint density at radius 2 is 0.958 bits per heavy atom. The molecule has 0 aliphatic carbocycles. The third kappa shape index (κ3) is 4.19. The van der Waals surface area contributed by atoms with Gasteiger partial charge in [0, 0.05) is 0 Å². The second-order valence-electron chi connectivity index (χ2n) is 8.39. The van der Waals surface area contributed by atoms with Gasteiger partial charge in [-0.25, -0.2) is 0 Å². The molecule has 2 heteroatoms. The fourth-order valence-corrected chi connectivity index (χ4v) is 2.71. The lowest BCUT2D eigenvalue weighted by molar-refractivity contribution is 0.446.